The van der Waals surface area contributed by atoms with Gasteiger partial charge in [-0.05, 0) is 34.5 Å². The number of amides is 1. The lowest BCUT2D eigenvalue weighted by molar-refractivity contribution is -0.384. The van der Waals surface area contributed by atoms with E-state index in [2.05, 4.69) is 21.2 Å². The molecule has 0 aliphatic rings. The Morgan fingerprint density at radius 1 is 1.38 bits per heavy atom. The van der Waals surface area contributed by atoms with Crippen LogP contribution in [0.5, 0.6) is 0 Å². The molecular weight excluding hydrogens is 338 g/mol. The van der Waals surface area contributed by atoms with Gasteiger partial charge < -0.3 is 9.88 Å². The summed E-state index contributed by atoms with van der Waals surface area (Å²) in [6, 6.07) is 7.87. The van der Waals surface area contributed by atoms with Crippen LogP contribution in [-0.4, -0.2) is 15.4 Å². The van der Waals surface area contributed by atoms with Gasteiger partial charge in [-0.15, -0.1) is 0 Å². The lowest BCUT2D eigenvalue weighted by atomic mass is 10.2. The molecule has 6 nitrogen and oxygen atoms in total. The van der Waals surface area contributed by atoms with Gasteiger partial charge in [-0.1, -0.05) is 12.1 Å². The molecule has 0 spiro atoms. The Hall–Kier alpha value is -2.15. The smallest absolute Gasteiger partial charge is 0.269 e. The third-order valence-corrected chi connectivity index (χ3v) is 3.47. The van der Waals surface area contributed by atoms with Crippen molar-refractivity contribution >= 4 is 27.5 Å². The van der Waals surface area contributed by atoms with E-state index in [-0.39, 0.29) is 11.6 Å². The van der Waals surface area contributed by atoms with Crippen molar-refractivity contribution < 1.29 is 9.72 Å². The molecule has 21 heavy (non-hydrogen) atoms. The fourth-order valence-electron chi connectivity index (χ4n) is 1.94. The van der Waals surface area contributed by atoms with Gasteiger partial charge in [-0.2, -0.15) is 0 Å². The Kier molecular flexibility index (Phi) is 4.74. The molecule has 2 aromatic rings. The zero-order valence-corrected chi connectivity index (χ0v) is 13.0. The summed E-state index contributed by atoms with van der Waals surface area (Å²) in [6.45, 7) is 2.98. The number of benzene rings is 1. The fraction of sp³-hybridized carbons (Fsp3) is 0.214. The molecule has 0 fully saturated rings. The Balaban J connectivity index is 2.02. The largest absolute Gasteiger partial charge is 0.347 e. The summed E-state index contributed by atoms with van der Waals surface area (Å²) in [7, 11) is 0. The molecule has 0 saturated heterocycles. The molecule has 1 N–H and O–H groups in total. The molecule has 0 atom stereocenters. The van der Waals surface area contributed by atoms with Gasteiger partial charge in [0.05, 0.1) is 4.92 Å². The first-order valence-electron chi connectivity index (χ1n) is 6.38. The molecule has 0 unspecified atom stereocenters. The maximum Gasteiger partial charge on any atom is 0.269 e. The number of carbonyl (C=O) groups excluding carboxylic acids is 1. The highest BCUT2D eigenvalue weighted by atomic mass is 79.9. The van der Waals surface area contributed by atoms with Crippen LogP contribution < -0.4 is 5.32 Å². The van der Waals surface area contributed by atoms with E-state index in [1.165, 1.54) is 12.1 Å². The van der Waals surface area contributed by atoms with Crippen LogP contribution in [0.3, 0.4) is 0 Å². The average Bonchev–Trinajstić information content (AvgIpc) is 2.86. The summed E-state index contributed by atoms with van der Waals surface area (Å²) in [5, 5.41) is 13.4. The molecule has 1 heterocycles. The van der Waals surface area contributed by atoms with Gasteiger partial charge in [0.15, 0.2) is 0 Å². The first-order valence-corrected chi connectivity index (χ1v) is 7.17. The van der Waals surface area contributed by atoms with E-state index in [1.54, 1.807) is 18.2 Å². The van der Waals surface area contributed by atoms with Gasteiger partial charge in [0.2, 0.25) is 0 Å². The minimum Gasteiger partial charge on any atom is -0.347 e. The molecule has 0 aliphatic heterocycles. The Morgan fingerprint density at radius 3 is 2.62 bits per heavy atom. The van der Waals surface area contributed by atoms with E-state index in [1.807, 2.05) is 17.7 Å². The number of aryl methyl sites for hydroxylation is 1. The SMILES string of the molecule is CCn1cc(Br)cc1C(=O)NCc1ccc([N+](=O)[O-])cc1. The molecule has 0 radical (unpaired) electrons. The highest BCUT2D eigenvalue weighted by Gasteiger charge is 2.12. The van der Waals surface area contributed by atoms with Crippen LogP contribution in [0.15, 0.2) is 41.0 Å². The van der Waals surface area contributed by atoms with Crippen molar-refractivity contribution in [2.24, 2.45) is 0 Å². The molecule has 7 heteroatoms. The van der Waals surface area contributed by atoms with E-state index in [0.717, 1.165) is 10.0 Å². The highest BCUT2D eigenvalue weighted by Crippen LogP contribution is 2.15. The predicted molar refractivity (Wildman–Crippen MR) is 82.1 cm³/mol. The maximum atomic E-state index is 12.1. The topological polar surface area (TPSA) is 77.2 Å². The third kappa shape index (κ3) is 3.69. The van der Waals surface area contributed by atoms with Gasteiger partial charge in [0, 0.05) is 35.9 Å². The molecule has 0 bridgehead atoms. The van der Waals surface area contributed by atoms with Crippen molar-refractivity contribution in [3.8, 4) is 0 Å². The number of nitrogens with zero attached hydrogens (tertiary/aromatic N) is 2. The number of nitro benzene ring substituents is 1. The number of rotatable bonds is 5. The number of nitro groups is 1. The van der Waals surface area contributed by atoms with E-state index in [4.69, 9.17) is 0 Å². The van der Waals surface area contributed by atoms with Crippen LogP contribution in [0, 0.1) is 10.1 Å². The summed E-state index contributed by atoms with van der Waals surface area (Å²) in [6.07, 6.45) is 1.85. The number of aromatic nitrogens is 1. The molecule has 110 valence electrons. The molecule has 1 aromatic heterocycles. The second-order valence-corrected chi connectivity index (χ2v) is 5.35. The predicted octanol–water partition coefficient (Wildman–Crippen LogP) is 3.11. The van der Waals surface area contributed by atoms with Crippen LogP contribution in [0.1, 0.15) is 23.0 Å². The fourth-order valence-corrected chi connectivity index (χ4v) is 2.40. The first-order chi connectivity index (χ1) is 10.0. The van der Waals surface area contributed by atoms with E-state index < -0.39 is 4.92 Å². The van der Waals surface area contributed by atoms with E-state index in [9.17, 15) is 14.9 Å². The van der Waals surface area contributed by atoms with Gasteiger partial charge in [0.1, 0.15) is 5.69 Å². The third-order valence-electron chi connectivity index (χ3n) is 3.04. The standard InChI is InChI=1S/C14H14BrN3O3/c1-2-17-9-11(15)7-13(17)14(19)16-8-10-3-5-12(6-4-10)18(20)21/h3-7,9H,2,8H2,1H3,(H,16,19). The highest BCUT2D eigenvalue weighted by molar-refractivity contribution is 9.10. The molecule has 1 amide bonds. The van der Waals surface area contributed by atoms with Crippen molar-refractivity contribution in [2.75, 3.05) is 0 Å². The summed E-state index contributed by atoms with van der Waals surface area (Å²) in [5.41, 5.74) is 1.42. The quantitative estimate of drug-likeness (QED) is 0.664. The van der Waals surface area contributed by atoms with Gasteiger partial charge in [-0.3, -0.25) is 14.9 Å². The molecule has 2 rings (SSSR count). The maximum absolute atomic E-state index is 12.1. The van der Waals surface area contributed by atoms with Crippen LogP contribution >= 0.6 is 15.9 Å². The summed E-state index contributed by atoms with van der Waals surface area (Å²) in [5.74, 6) is -0.180. The molecule has 1 aromatic carbocycles. The van der Waals surface area contributed by atoms with Crippen molar-refractivity contribution in [3.05, 3.63) is 62.4 Å². The second-order valence-electron chi connectivity index (χ2n) is 4.44. The molecule has 0 aliphatic carbocycles. The Morgan fingerprint density at radius 2 is 2.05 bits per heavy atom. The average molecular weight is 352 g/mol. The Labute approximate surface area is 130 Å². The van der Waals surface area contributed by atoms with Crippen molar-refractivity contribution in [1.82, 2.24) is 9.88 Å². The van der Waals surface area contributed by atoms with Crippen molar-refractivity contribution in [2.45, 2.75) is 20.0 Å². The number of halogens is 1. The zero-order valence-electron chi connectivity index (χ0n) is 11.4. The minimum atomic E-state index is -0.450. The lowest BCUT2D eigenvalue weighted by Gasteiger charge is -2.07. The van der Waals surface area contributed by atoms with Crippen molar-refractivity contribution in [3.63, 3.8) is 0 Å². The number of hydrogen-bond donors (Lipinski definition) is 1. The van der Waals surface area contributed by atoms with Crippen LogP contribution in [0.25, 0.3) is 0 Å². The van der Waals surface area contributed by atoms with Gasteiger partial charge >= 0.3 is 0 Å². The van der Waals surface area contributed by atoms with Crippen LogP contribution in [-0.2, 0) is 13.1 Å². The van der Waals surface area contributed by atoms with Gasteiger partial charge in [-0.25, -0.2) is 0 Å². The lowest BCUT2D eigenvalue weighted by Crippen LogP contribution is -2.25. The molecular formula is C14H14BrN3O3. The summed E-state index contributed by atoms with van der Waals surface area (Å²) < 4.78 is 2.69. The summed E-state index contributed by atoms with van der Waals surface area (Å²) >= 11 is 3.34. The summed E-state index contributed by atoms with van der Waals surface area (Å²) in [4.78, 5) is 22.2. The number of nitrogens with one attached hydrogen (secondary N) is 1. The van der Waals surface area contributed by atoms with E-state index in [0.29, 0.717) is 18.8 Å². The number of hydrogen-bond acceptors (Lipinski definition) is 3. The first kappa shape index (κ1) is 15.2. The normalized spacial score (nSPS) is 10.4. The van der Waals surface area contributed by atoms with Crippen LogP contribution in [0.4, 0.5) is 5.69 Å². The van der Waals surface area contributed by atoms with Crippen LogP contribution in [0.2, 0.25) is 0 Å². The number of carbonyl (C=O) groups is 1. The van der Waals surface area contributed by atoms with E-state index >= 15 is 0 Å². The van der Waals surface area contributed by atoms with Crippen molar-refractivity contribution in [1.29, 1.82) is 0 Å². The minimum absolute atomic E-state index is 0.0360. The zero-order chi connectivity index (χ0) is 15.4. The Bertz CT molecular complexity index is 665. The monoisotopic (exact) mass is 351 g/mol. The number of non-ortho nitro benzene ring substituents is 1. The van der Waals surface area contributed by atoms with Gasteiger partial charge in [0.25, 0.3) is 11.6 Å². The second kappa shape index (κ2) is 6.53. The molecule has 0 saturated carbocycles.